The van der Waals surface area contributed by atoms with Crippen LogP contribution in [-0.2, 0) is 0 Å². The Labute approximate surface area is 121 Å². The zero-order valence-corrected chi connectivity index (χ0v) is 12.1. The van der Waals surface area contributed by atoms with Gasteiger partial charge in [0.25, 0.3) is 0 Å². The van der Waals surface area contributed by atoms with Crippen molar-refractivity contribution in [2.45, 2.75) is 19.9 Å². The molecule has 3 rings (SSSR count). The van der Waals surface area contributed by atoms with Gasteiger partial charge in [-0.25, -0.2) is 0 Å². The van der Waals surface area contributed by atoms with Crippen LogP contribution in [0.1, 0.15) is 19.9 Å². The van der Waals surface area contributed by atoms with Gasteiger partial charge in [-0.2, -0.15) is 0 Å². The zero-order valence-electron chi connectivity index (χ0n) is 12.1. The normalized spacial score (nSPS) is 9.95. The van der Waals surface area contributed by atoms with Gasteiger partial charge < -0.3 is 4.57 Å². The van der Waals surface area contributed by atoms with E-state index in [2.05, 4.69) is 79.3 Å². The third-order valence-electron chi connectivity index (χ3n) is 3.10. The Morgan fingerprint density at radius 2 is 1.00 bits per heavy atom. The lowest BCUT2D eigenvalue weighted by molar-refractivity contribution is 0.604. The molecule has 0 aliphatic heterocycles. The van der Waals surface area contributed by atoms with E-state index in [9.17, 15) is 0 Å². The number of benzene rings is 2. The van der Waals surface area contributed by atoms with Gasteiger partial charge >= 0.3 is 0 Å². The summed E-state index contributed by atoms with van der Waals surface area (Å²) in [4.78, 5) is 0. The Morgan fingerprint density at radius 1 is 0.600 bits per heavy atom. The topological polar surface area (TPSA) is 4.93 Å². The van der Waals surface area contributed by atoms with Crippen LogP contribution in [-0.4, -0.2) is 4.57 Å². The molecule has 1 heteroatoms. The molecular weight excluding hydrogens is 242 g/mol. The molecule has 1 nitrogen and oxygen atoms in total. The maximum atomic E-state index is 2.17. The van der Waals surface area contributed by atoms with E-state index in [-0.39, 0.29) is 0 Å². The molecule has 102 valence electrons. The van der Waals surface area contributed by atoms with Gasteiger partial charge in [0.2, 0.25) is 0 Å². The van der Waals surface area contributed by atoms with Gasteiger partial charge in [-0.1, -0.05) is 60.7 Å². The molecule has 0 N–H and O–H groups in total. The van der Waals surface area contributed by atoms with Crippen molar-refractivity contribution in [3.05, 3.63) is 85.2 Å². The maximum Gasteiger partial charge on any atom is 0.0274 e. The second kappa shape index (κ2) is 7.34. The molecule has 1 heterocycles. The first-order valence-electron chi connectivity index (χ1n) is 7.00. The smallest absolute Gasteiger partial charge is 0.0274 e. The quantitative estimate of drug-likeness (QED) is 0.581. The molecule has 0 amide bonds. The fourth-order valence-electron chi connectivity index (χ4n) is 1.95. The maximum absolute atomic E-state index is 2.17. The number of aromatic nitrogens is 1. The largest absolute Gasteiger partial charge is 0.352 e. The van der Waals surface area contributed by atoms with Crippen LogP contribution in [0.5, 0.6) is 0 Å². The van der Waals surface area contributed by atoms with Gasteiger partial charge in [-0.05, 0) is 37.1 Å². The predicted molar refractivity (Wildman–Crippen MR) is 86.7 cm³/mol. The Morgan fingerprint density at radius 3 is 1.30 bits per heavy atom. The summed E-state index contributed by atoms with van der Waals surface area (Å²) in [6.45, 7) is 4.33. The molecule has 2 aromatic carbocycles. The molecule has 0 bridgehead atoms. The molecule has 0 fully saturated rings. The molecule has 3 aromatic rings. The van der Waals surface area contributed by atoms with E-state index in [1.165, 1.54) is 11.1 Å². The average Bonchev–Trinajstić information content (AvgIpc) is 3.04. The van der Waals surface area contributed by atoms with E-state index >= 15 is 0 Å². The number of rotatable bonds is 2. The SMILES string of the molecule is CC(C)n1cccc1.c1ccc(-c2ccccc2)cc1. The molecule has 1 aromatic heterocycles. The highest BCUT2D eigenvalue weighted by Gasteiger charge is 1.92. The van der Waals surface area contributed by atoms with Crippen molar-refractivity contribution in [1.82, 2.24) is 4.57 Å². The highest BCUT2D eigenvalue weighted by atomic mass is 15.0. The number of hydrogen-bond donors (Lipinski definition) is 0. The van der Waals surface area contributed by atoms with Crippen molar-refractivity contribution in [1.29, 1.82) is 0 Å². The van der Waals surface area contributed by atoms with Crippen LogP contribution in [0.3, 0.4) is 0 Å². The van der Waals surface area contributed by atoms with E-state index in [4.69, 9.17) is 0 Å². The summed E-state index contributed by atoms with van der Waals surface area (Å²) in [6, 6.07) is 25.5. The van der Waals surface area contributed by atoms with E-state index in [0.29, 0.717) is 6.04 Å². The summed E-state index contributed by atoms with van der Waals surface area (Å²) < 4.78 is 2.17. The minimum Gasteiger partial charge on any atom is -0.352 e. The third kappa shape index (κ3) is 4.13. The highest BCUT2D eigenvalue weighted by molar-refractivity contribution is 5.62. The molecule has 0 unspecified atom stereocenters. The van der Waals surface area contributed by atoms with Crippen LogP contribution in [0.2, 0.25) is 0 Å². The summed E-state index contributed by atoms with van der Waals surface area (Å²) in [5, 5.41) is 0. The minimum absolute atomic E-state index is 0.602. The number of nitrogens with zero attached hydrogens (tertiary/aromatic N) is 1. The van der Waals surface area contributed by atoms with Gasteiger partial charge in [-0.15, -0.1) is 0 Å². The summed E-state index contributed by atoms with van der Waals surface area (Å²) in [7, 11) is 0. The van der Waals surface area contributed by atoms with Crippen LogP contribution in [0.15, 0.2) is 85.2 Å². The van der Waals surface area contributed by atoms with Crippen molar-refractivity contribution in [2.24, 2.45) is 0 Å². The lowest BCUT2D eigenvalue weighted by Gasteiger charge is -2.03. The minimum atomic E-state index is 0.602. The van der Waals surface area contributed by atoms with Crippen molar-refractivity contribution >= 4 is 0 Å². The molecule has 0 radical (unpaired) electrons. The molecule has 0 aliphatic rings. The Bertz CT molecular complexity index is 543. The first-order chi connectivity index (χ1) is 9.77. The first-order valence-corrected chi connectivity index (χ1v) is 7.00. The third-order valence-corrected chi connectivity index (χ3v) is 3.10. The van der Waals surface area contributed by atoms with E-state index < -0.39 is 0 Å². The highest BCUT2D eigenvalue weighted by Crippen LogP contribution is 2.17. The monoisotopic (exact) mass is 263 g/mol. The first kappa shape index (κ1) is 14.1. The van der Waals surface area contributed by atoms with Crippen LogP contribution in [0.25, 0.3) is 11.1 Å². The molecule has 20 heavy (non-hydrogen) atoms. The summed E-state index contributed by atoms with van der Waals surface area (Å²) in [6.07, 6.45) is 4.15. The summed E-state index contributed by atoms with van der Waals surface area (Å²) in [5.41, 5.74) is 2.55. The van der Waals surface area contributed by atoms with Crippen LogP contribution in [0, 0.1) is 0 Å². The lowest BCUT2D eigenvalue weighted by Crippen LogP contribution is -1.94. The lowest BCUT2D eigenvalue weighted by atomic mass is 10.1. The molecule has 0 aliphatic carbocycles. The van der Waals surface area contributed by atoms with E-state index in [0.717, 1.165) is 0 Å². The second-order valence-corrected chi connectivity index (χ2v) is 4.96. The average molecular weight is 263 g/mol. The Kier molecular flexibility index (Phi) is 5.19. The number of hydrogen-bond acceptors (Lipinski definition) is 0. The second-order valence-electron chi connectivity index (χ2n) is 4.96. The van der Waals surface area contributed by atoms with Gasteiger partial charge in [0, 0.05) is 18.4 Å². The fraction of sp³-hybridized carbons (Fsp3) is 0.158. The van der Waals surface area contributed by atoms with Gasteiger partial charge in [0.05, 0.1) is 0 Å². The van der Waals surface area contributed by atoms with Crippen LogP contribution in [0.4, 0.5) is 0 Å². The summed E-state index contributed by atoms with van der Waals surface area (Å²) in [5.74, 6) is 0. The van der Waals surface area contributed by atoms with Crippen LogP contribution < -0.4 is 0 Å². The predicted octanol–water partition coefficient (Wildman–Crippen LogP) is 5.42. The molecule has 0 saturated heterocycles. The molecular formula is C19H21N. The molecule has 0 spiro atoms. The fourth-order valence-corrected chi connectivity index (χ4v) is 1.95. The van der Waals surface area contributed by atoms with Gasteiger partial charge in [0.15, 0.2) is 0 Å². The zero-order chi connectivity index (χ0) is 14.2. The van der Waals surface area contributed by atoms with E-state index in [1.807, 2.05) is 24.3 Å². The van der Waals surface area contributed by atoms with Crippen molar-refractivity contribution in [3.8, 4) is 11.1 Å². The Balaban J connectivity index is 0.000000160. The van der Waals surface area contributed by atoms with E-state index in [1.54, 1.807) is 0 Å². The van der Waals surface area contributed by atoms with Crippen molar-refractivity contribution < 1.29 is 0 Å². The van der Waals surface area contributed by atoms with Crippen molar-refractivity contribution in [2.75, 3.05) is 0 Å². The van der Waals surface area contributed by atoms with Crippen molar-refractivity contribution in [3.63, 3.8) is 0 Å². The van der Waals surface area contributed by atoms with Crippen LogP contribution >= 0.6 is 0 Å². The van der Waals surface area contributed by atoms with Gasteiger partial charge in [0.1, 0.15) is 0 Å². The standard InChI is InChI=1S/C12H10.C7H11N/c1-3-7-11(8-4-1)12-9-5-2-6-10-12;1-7(2)8-5-3-4-6-8/h1-10H;3-7H,1-2H3. The molecule has 0 saturated carbocycles. The molecule has 0 atom stereocenters. The Hall–Kier alpha value is -2.28. The summed E-state index contributed by atoms with van der Waals surface area (Å²) >= 11 is 0. The van der Waals surface area contributed by atoms with Gasteiger partial charge in [-0.3, -0.25) is 0 Å².